The van der Waals surface area contributed by atoms with Crippen LogP contribution >= 0.6 is 0 Å². The summed E-state index contributed by atoms with van der Waals surface area (Å²) in [5.41, 5.74) is 0. The number of hydrogen-bond acceptors (Lipinski definition) is 1. The largest absolute Gasteiger partial charge is 0.314 e. The molecule has 1 heteroatoms. The summed E-state index contributed by atoms with van der Waals surface area (Å²) in [5, 5.41) is 3.77. The third-order valence-corrected chi connectivity index (χ3v) is 5.81. The summed E-state index contributed by atoms with van der Waals surface area (Å²) in [6.07, 6.45) is 13.7. The van der Waals surface area contributed by atoms with Gasteiger partial charge in [-0.05, 0) is 62.3 Å². The Bertz CT molecular complexity index is 246. The smallest absolute Gasteiger partial charge is 0.00723 e. The molecule has 0 radical (unpaired) electrons. The highest BCUT2D eigenvalue weighted by Gasteiger charge is 2.40. The first-order valence-electron chi connectivity index (χ1n) is 8.08. The van der Waals surface area contributed by atoms with Crippen LogP contribution in [0.5, 0.6) is 0 Å². The number of hydrogen-bond donors (Lipinski definition) is 1. The molecule has 17 heavy (non-hydrogen) atoms. The van der Waals surface area contributed by atoms with E-state index in [-0.39, 0.29) is 0 Å². The zero-order chi connectivity index (χ0) is 11.7. The predicted octanol–water partition coefficient (Wildman–Crippen LogP) is 3.98. The fraction of sp³-hybridized carbons (Fsp3) is 1.00. The van der Waals surface area contributed by atoms with Crippen LogP contribution in [0.4, 0.5) is 0 Å². The van der Waals surface area contributed by atoms with Gasteiger partial charge in [0.05, 0.1) is 0 Å². The predicted molar refractivity (Wildman–Crippen MR) is 73.0 cm³/mol. The molecular weight excluding hydrogens is 206 g/mol. The van der Waals surface area contributed by atoms with E-state index < -0.39 is 0 Å². The number of fused-ring (bicyclic) bond motifs is 2. The molecule has 3 aliphatic rings. The van der Waals surface area contributed by atoms with Gasteiger partial charge in [-0.3, -0.25) is 0 Å². The molecular formula is C16H29N. The maximum Gasteiger partial charge on any atom is 0.00723 e. The highest BCUT2D eigenvalue weighted by Crippen LogP contribution is 2.50. The summed E-state index contributed by atoms with van der Waals surface area (Å²) >= 11 is 0. The Morgan fingerprint density at radius 1 is 1.06 bits per heavy atom. The summed E-state index contributed by atoms with van der Waals surface area (Å²) in [5.74, 6) is 4.38. The van der Waals surface area contributed by atoms with Crippen LogP contribution in [0.1, 0.15) is 64.7 Å². The Morgan fingerprint density at radius 2 is 1.94 bits per heavy atom. The third-order valence-electron chi connectivity index (χ3n) is 5.81. The molecule has 3 rings (SSSR count). The van der Waals surface area contributed by atoms with E-state index in [2.05, 4.69) is 12.2 Å². The molecule has 0 spiro atoms. The highest BCUT2D eigenvalue weighted by atomic mass is 14.9. The van der Waals surface area contributed by atoms with Crippen molar-refractivity contribution in [2.75, 3.05) is 6.54 Å². The van der Waals surface area contributed by atoms with Crippen molar-refractivity contribution in [3.63, 3.8) is 0 Å². The van der Waals surface area contributed by atoms with Crippen LogP contribution in [0, 0.1) is 23.7 Å². The quantitative estimate of drug-likeness (QED) is 0.734. The Labute approximate surface area is 107 Å². The van der Waals surface area contributed by atoms with E-state index in [0.29, 0.717) is 0 Å². The molecule has 98 valence electrons. The second kappa shape index (κ2) is 5.30. The van der Waals surface area contributed by atoms with Gasteiger partial charge in [0.15, 0.2) is 0 Å². The molecule has 3 aliphatic carbocycles. The zero-order valence-corrected chi connectivity index (χ0v) is 11.5. The second-order valence-electron chi connectivity index (χ2n) is 6.96. The molecule has 4 atom stereocenters. The van der Waals surface area contributed by atoms with Crippen molar-refractivity contribution in [2.45, 2.75) is 70.8 Å². The van der Waals surface area contributed by atoms with Crippen molar-refractivity contribution in [2.24, 2.45) is 23.7 Å². The van der Waals surface area contributed by atoms with Gasteiger partial charge in [-0.15, -0.1) is 0 Å². The van der Waals surface area contributed by atoms with Crippen LogP contribution in [0.25, 0.3) is 0 Å². The van der Waals surface area contributed by atoms with Gasteiger partial charge < -0.3 is 5.32 Å². The average Bonchev–Trinajstić information content (AvgIpc) is 2.85. The molecule has 0 aromatic rings. The minimum atomic E-state index is 0.842. The van der Waals surface area contributed by atoms with Gasteiger partial charge in [0.2, 0.25) is 0 Å². The van der Waals surface area contributed by atoms with Crippen molar-refractivity contribution in [3.05, 3.63) is 0 Å². The Balaban J connectivity index is 1.49. The number of nitrogens with one attached hydrogen (secondary N) is 1. The van der Waals surface area contributed by atoms with Gasteiger partial charge in [-0.1, -0.05) is 32.6 Å². The maximum atomic E-state index is 3.77. The van der Waals surface area contributed by atoms with Crippen LogP contribution in [0.3, 0.4) is 0 Å². The van der Waals surface area contributed by atoms with Crippen molar-refractivity contribution < 1.29 is 0 Å². The first kappa shape index (κ1) is 12.0. The molecule has 0 aromatic heterocycles. The minimum absolute atomic E-state index is 0.842. The van der Waals surface area contributed by atoms with Gasteiger partial charge in [0, 0.05) is 6.04 Å². The van der Waals surface area contributed by atoms with Crippen molar-refractivity contribution in [1.29, 1.82) is 0 Å². The monoisotopic (exact) mass is 235 g/mol. The fourth-order valence-corrected chi connectivity index (χ4v) is 4.71. The molecule has 0 saturated heterocycles. The first-order valence-corrected chi connectivity index (χ1v) is 8.08. The lowest BCUT2D eigenvalue weighted by atomic mass is 9.77. The molecule has 4 unspecified atom stereocenters. The molecule has 3 fully saturated rings. The van der Waals surface area contributed by atoms with E-state index in [1.54, 1.807) is 25.7 Å². The average molecular weight is 235 g/mol. The number of rotatable bonds is 6. The Morgan fingerprint density at radius 3 is 2.47 bits per heavy atom. The van der Waals surface area contributed by atoms with Crippen LogP contribution in [0.15, 0.2) is 0 Å². The van der Waals surface area contributed by atoms with E-state index in [0.717, 1.165) is 36.3 Å². The first-order chi connectivity index (χ1) is 8.35. The van der Waals surface area contributed by atoms with Gasteiger partial charge in [-0.2, -0.15) is 0 Å². The normalized spacial score (nSPS) is 38.3. The fourth-order valence-electron chi connectivity index (χ4n) is 4.71. The lowest BCUT2D eigenvalue weighted by molar-refractivity contribution is 0.218. The van der Waals surface area contributed by atoms with Crippen molar-refractivity contribution >= 4 is 0 Å². The van der Waals surface area contributed by atoms with E-state index in [1.165, 1.54) is 32.1 Å². The van der Waals surface area contributed by atoms with E-state index in [1.807, 2.05) is 0 Å². The summed E-state index contributed by atoms with van der Waals surface area (Å²) in [4.78, 5) is 0. The summed E-state index contributed by atoms with van der Waals surface area (Å²) in [6.45, 7) is 3.44. The van der Waals surface area contributed by atoms with Crippen molar-refractivity contribution in [1.82, 2.24) is 5.32 Å². The summed E-state index contributed by atoms with van der Waals surface area (Å²) in [6, 6.07) is 0.842. The molecule has 0 aliphatic heterocycles. The van der Waals surface area contributed by atoms with Crippen LogP contribution in [-0.2, 0) is 0 Å². The Hall–Kier alpha value is -0.0400. The molecule has 0 amide bonds. The summed E-state index contributed by atoms with van der Waals surface area (Å²) < 4.78 is 0. The topological polar surface area (TPSA) is 12.0 Å². The molecule has 2 bridgehead atoms. The SMILES string of the molecule is CCNC(CC1CCC1)CC1CC2CCC1C2. The summed E-state index contributed by atoms with van der Waals surface area (Å²) in [7, 11) is 0. The molecule has 1 nitrogen and oxygen atoms in total. The third kappa shape index (κ3) is 2.70. The van der Waals surface area contributed by atoms with E-state index in [4.69, 9.17) is 0 Å². The van der Waals surface area contributed by atoms with Crippen molar-refractivity contribution in [3.8, 4) is 0 Å². The van der Waals surface area contributed by atoms with Crippen LogP contribution in [-0.4, -0.2) is 12.6 Å². The highest BCUT2D eigenvalue weighted by molar-refractivity contribution is 4.92. The van der Waals surface area contributed by atoms with Crippen LogP contribution in [0.2, 0.25) is 0 Å². The zero-order valence-electron chi connectivity index (χ0n) is 11.5. The Kier molecular flexibility index (Phi) is 3.75. The molecule has 0 aromatic carbocycles. The van der Waals surface area contributed by atoms with E-state index >= 15 is 0 Å². The standard InChI is InChI=1S/C16H29N/c1-2-17-16(10-12-4-3-5-12)11-15-9-13-6-7-14(15)8-13/h12-17H,2-11H2,1H3. The molecule has 3 saturated carbocycles. The molecule has 0 heterocycles. The van der Waals surface area contributed by atoms with Gasteiger partial charge in [-0.25, -0.2) is 0 Å². The molecule has 1 N–H and O–H groups in total. The maximum absolute atomic E-state index is 3.77. The van der Waals surface area contributed by atoms with E-state index in [9.17, 15) is 0 Å². The van der Waals surface area contributed by atoms with Gasteiger partial charge >= 0.3 is 0 Å². The second-order valence-corrected chi connectivity index (χ2v) is 6.96. The minimum Gasteiger partial charge on any atom is -0.314 e. The van der Waals surface area contributed by atoms with Gasteiger partial charge in [0.1, 0.15) is 0 Å². The van der Waals surface area contributed by atoms with Gasteiger partial charge in [0.25, 0.3) is 0 Å². The lowest BCUT2D eigenvalue weighted by Crippen LogP contribution is -2.35. The lowest BCUT2D eigenvalue weighted by Gasteiger charge is -2.33. The van der Waals surface area contributed by atoms with Crippen LogP contribution < -0.4 is 5.32 Å².